The highest BCUT2D eigenvalue weighted by atomic mass is 79.9. The van der Waals surface area contributed by atoms with Gasteiger partial charge in [0.1, 0.15) is 5.01 Å². The number of hydrogen-bond donors (Lipinski definition) is 2. The van der Waals surface area contributed by atoms with Gasteiger partial charge in [0.2, 0.25) is 10.0 Å². The molecule has 2 rings (SSSR count). The van der Waals surface area contributed by atoms with E-state index < -0.39 is 10.0 Å². The van der Waals surface area contributed by atoms with Gasteiger partial charge in [-0.3, -0.25) is 0 Å². The van der Waals surface area contributed by atoms with Gasteiger partial charge in [0.05, 0.1) is 11.4 Å². The lowest BCUT2D eigenvalue weighted by Gasteiger charge is -2.11. The Morgan fingerprint density at radius 3 is 2.80 bits per heavy atom. The van der Waals surface area contributed by atoms with Gasteiger partial charge in [-0.2, -0.15) is 0 Å². The fourth-order valence-electron chi connectivity index (χ4n) is 1.68. The lowest BCUT2D eigenvalue weighted by molar-refractivity contribution is 0.580. The molecule has 0 saturated carbocycles. The van der Waals surface area contributed by atoms with E-state index >= 15 is 0 Å². The lowest BCUT2D eigenvalue weighted by Crippen LogP contribution is -2.24. The Balaban J connectivity index is 2.31. The molecule has 108 valence electrons. The normalized spacial score (nSPS) is 11.8. The first-order valence-corrected chi connectivity index (χ1v) is 8.96. The van der Waals surface area contributed by atoms with E-state index in [-0.39, 0.29) is 18.0 Å². The second-order valence-electron chi connectivity index (χ2n) is 4.16. The number of sulfonamides is 1. The Bertz CT molecular complexity index is 700. The van der Waals surface area contributed by atoms with Gasteiger partial charge in [0, 0.05) is 22.6 Å². The van der Waals surface area contributed by atoms with Crippen molar-refractivity contribution in [2.75, 3.05) is 0 Å². The van der Waals surface area contributed by atoms with Crippen LogP contribution < -0.4 is 10.5 Å². The van der Waals surface area contributed by atoms with Crippen molar-refractivity contribution in [3.63, 3.8) is 0 Å². The summed E-state index contributed by atoms with van der Waals surface area (Å²) in [5.74, 6) is 0. The quantitative estimate of drug-likeness (QED) is 0.838. The molecule has 8 heteroatoms. The molecule has 0 spiro atoms. The van der Waals surface area contributed by atoms with Gasteiger partial charge >= 0.3 is 0 Å². The molecular weight excluding hydrogens is 362 g/mol. The van der Waals surface area contributed by atoms with E-state index in [0.29, 0.717) is 5.56 Å². The van der Waals surface area contributed by atoms with Crippen LogP contribution in [0.25, 0.3) is 0 Å². The summed E-state index contributed by atoms with van der Waals surface area (Å²) in [6.07, 6.45) is 1.64. The number of nitrogens with two attached hydrogens (primary N) is 1. The van der Waals surface area contributed by atoms with E-state index in [0.717, 1.165) is 15.0 Å². The van der Waals surface area contributed by atoms with Gasteiger partial charge < -0.3 is 5.73 Å². The van der Waals surface area contributed by atoms with Crippen LogP contribution in [0.5, 0.6) is 0 Å². The average molecular weight is 376 g/mol. The molecule has 0 aliphatic heterocycles. The molecule has 1 heterocycles. The number of benzene rings is 1. The van der Waals surface area contributed by atoms with E-state index in [1.54, 1.807) is 24.6 Å². The molecule has 0 radical (unpaired) electrons. The monoisotopic (exact) mass is 375 g/mol. The molecule has 0 bridgehead atoms. The minimum atomic E-state index is -3.59. The van der Waals surface area contributed by atoms with Crippen molar-refractivity contribution >= 4 is 37.3 Å². The van der Waals surface area contributed by atoms with Crippen LogP contribution in [0.4, 0.5) is 0 Å². The van der Waals surface area contributed by atoms with Gasteiger partial charge in [-0.25, -0.2) is 18.1 Å². The molecule has 0 fully saturated rings. The summed E-state index contributed by atoms with van der Waals surface area (Å²) in [7, 11) is -3.59. The number of nitrogens with one attached hydrogen (secondary N) is 1. The van der Waals surface area contributed by atoms with Crippen LogP contribution in [0.3, 0.4) is 0 Å². The SMILES string of the molecule is Cc1c(Br)cc(CN)cc1S(=O)(=O)NCc1nccs1. The molecule has 3 N–H and O–H groups in total. The van der Waals surface area contributed by atoms with Crippen LogP contribution in [-0.4, -0.2) is 13.4 Å². The second-order valence-corrected chi connectivity index (χ2v) is 7.72. The predicted octanol–water partition coefficient (Wildman–Crippen LogP) is 2.15. The Morgan fingerprint density at radius 1 is 1.45 bits per heavy atom. The van der Waals surface area contributed by atoms with Crippen molar-refractivity contribution in [3.8, 4) is 0 Å². The number of thiazole rings is 1. The van der Waals surface area contributed by atoms with Crippen LogP contribution in [0, 0.1) is 6.92 Å². The highest BCUT2D eigenvalue weighted by Gasteiger charge is 2.19. The highest BCUT2D eigenvalue weighted by Crippen LogP contribution is 2.25. The van der Waals surface area contributed by atoms with Crippen LogP contribution in [0.15, 0.2) is 33.1 Å². The van der Waals surface area contributed by atoms with E-state index in [2.05, 4.69) is 25.6 Å². The van der Waals surface area contributed by atoms with Crippen LogP contribution in [0.1, 0.15) is 16.1 Å². The molecular formula is C12H14BrN3O2S2. The van der Waals surface area contributed by atoms with Crippen molar-refractivity contribution < 1.29 is 8.42 Å². The fourth-order valence-corrected chi connectivity index (χ4v) is 4.27. The summed E-state index contributed by atoms with van der Waals surface area (Å²) >= 11 is 4.77. The fraction of sp³-hybridized carbons (Fsp3) is 0.250. The third kappa shape index (κ3) is 3.44. The molecule has 0 saturated heterocycles. The summed E-state index contributed by atoms with van der Waals surface area (Å²) in [5.41, 5.74) is 7.01. The van der Waals surface area contributed by atoms with Gasteiger partial charge in [0.25, 0.3) is 0 Å². The predicted molar refractivity (Wildman–Crippen MR) is 82.9 cm³/mol. The summed E-state index contributed by atoms with van der Waals surface area (Å²) in [5, 5.41) is 2.53. The largest absolute Gasteiger partial charge is 0.326 e. The van der Waals surface area contributed by atoms with Crippen molar-refractivity contribution in [2.45, 2.75) is 24.9 Å². The second kappa shape index (κ2) is 6.31. The molecule has 20 heavy (non-hydrogen) atoms. The first kappa shape index (κ1) is 15.6. The highest BCUT2D eigenvalue weighted by molar-refractivity contribution is 9.10. The van der Waals surface area contributed by atoms with Crippen molar-refractivity contribution in [1.82, 2.24) is 9.71 Å². The molecule has 0 aliphatic carbocycles. The summed E-state index contributed by atoms with van der Waals surface area (Å²) < 4.78 is 28.0. The van der Waals surface area contributed by atoms with Gasteiger partial charge in [-0.15, -0.1) is 11.3 Å². The van der Waals surface area contributed by atoms with Crippen LogP contribution >= 0.6 is 27.3 Å². The third-order valence-electron chi connectivity index (χ3n) is 2.78. The maximum absolute atomic E-state index is 12.4. The molecule has 1 aromatic heterocycles. The Hall–Kier alpha value is -0.800. The Labute approximate surface area is 130 Å². The average Bonchev–Trinajstić information content (AvgIpc) is 2.92. The zero-order chi connectivity index (χ0) is 14.8. The van der Waals surface area contributed by atoms with Gasteiger partial charge in [-0.1, -0.05) is 15.9 Å². The van der Waals surface area contributed by atoms with E-state index in [9.17, 15) is 8.42 Å². The van der Waals surface area contributed by atoms with Gasteiger partial charge in [-0.05, 0) is 30.2 Å². The van der Waals surface area contributed by atoms with Crippen LogP contribution in [0.2, 0.25) is 0 Å². The zero-order valence-electron chi connectivity index (χ0n) is 10.8. The first-order chi connectivity index (χ1) is 9.44. The minimum Gasteiger partial charge on any atom is -0.326 e. The number of rotatable bonds is 5. The standard InChI is InChI=1S/C12H14BrN3O2S2/c1-8-10(13)4-9(6-14)5-11(8)20(17,18)16-7-12-15-2-3-19-12/h2-5,16H,6-7,14H2,1H3. The number of halogens is 1. The lowest BCUT2D eigenvalue weighted by atomic mass is 10.1. The number of hydrogen-bond acceptors (Lipinski definition) is 5. The molecule has 5 nitrogen and oxygen atoms in total. The van der Waals surface area contributed by atoms with Crippen molar-refractivity contribution in [2.24, 2.45) is 5.73 Å². The minimum absolute atomic E-state index is 0.184. The first-order valence-electron chi connectivity index (χ1n) is 5.81. The maximum Gasteiger partial charge on any atom is 0.241 e. The smallest absolute Gasteiger partial charge is 0.241 e. The van der Waals surface area contributed by atoms with E-state index in [4.69, 9.17) is 5.73 Å². The Kier molecular flexibility index (Phi) is 4.92. The Morgan fingerprint density at radius 2 is 2.20 bits per heavy atom. The van der Waals surface area contributed by atoms with Crippen LogP contribution in [-0.2, 0) is 23.1 Å². The summed E-state index contributed by atoms with van der Waals surface area (Å²) in [6.45, 7) is 2.22. The molecule has 0 aliphatic rings. The molecule has 0 unspecified atom stereocenters. The molecule has 0 atom stereocenters. The van der Waals surface area contributed by atoms with Crippen molar-refractivity contribution in [3.05, 3.63) is 44.3 Å². The molecule has 2 aromatic rings. The molecule has 1 aromatic carbocycles. The summed E-state index contributed by atoms with van der Waals surface area (Å²) in [4.78, 5) is 4.29. The number of nitrogens with zero attached hydrogens (tertiary/aromatic N) is 1. The third-order valence-corrected chi connectivity index (χ3v) is 5.91. The maximum atomic E-state index is 12.4. The van der Waals surface area contributed by atoms with Crippen molar-refractivity contribution in [1.29, 1.82) is 0 Å². The topological polar surface area (TPSA) is 85.1 Å². The number of aromatic nitrogens is 1. The molecule has 0 amide bonds. The van der Waals surface area contributed by atoms with E-state index in [1.807, 2.05) is 6.07 Å². The van der Waals surface area contributed by atoms with Gasteiger partial charge in [0.15, 0.2) is 0 Å². The van der Waals surface area contributed by atoms with E-state index in [1.165, 1.54) is 11.3 Å². The summed E-state index contributed by atoms with van der Waals surface area (Å²) in [6, 6.07) is 3.43. The zero-order valence-corrected chi connectivity index (χ0v) is 14.0.